The van der Waals surface area contributed by atoms with Crippen LogP contribution >= 0.6 is 31.9 Å². The molecule has 2 rings (SSSR count). The Morgan fingerprint density at radius 2 is 1.85 bits per heavy atom. The summed E-state index contributed by atoms with van der Waals surface area (Å²) in [5, 5.41) is 0. The molecule has 0 saturated heterocycles. The lowest BCUT2D eigenvalue weighted by atomic mass is 9.99. The van der Waals surface area contributed by atoms with Gasteiger partial charge in [0.25, 0.3) is 0 Å². The van der Waals surface area contributed by atoms with Gasteiger partial charge < -0.3 is 10.5 Å². The Balaban J connectivity index is 2.25. The van der Waals surface area contributed by atoms with Crippen molar-refractivity contribution in [3.63, 3.8) is 0 Å². The van der Waals surface area contributed by atoms with Crippen molar-refractivity contribution in [2.45, 2.75) is 19.4 Å². The lowest BCUT2D eigenvalue weighted by molar-refractivity contribution is 0.414. The van der Waals surface area contributed by atoms with E-state index in [-0.39, 0.29) is 6.04 Å². The van der Waals surface area contributed by atoms with Gasteiger partial charge in [0.05, 0.1) is 7.11 Å². The molecule has 20 heavy (non-hydrogen) atoms. The second kappa shape index (κ2) is 6.74. The number of rotatable bonds is 4. The van der Waals surface area contributed by atoms with Gasteiger partial charge in [-0.3, -0.25) is 0 Å². The third-order valence-corrected chi connectivity index (χ3v) is 4.71. The molecule has 0 fully saturated rings. The molecule has 0 heterocycles. The summed E-state index contributed by atoms with van der Waals surface area (Å²) in [5.74, 6) is 0.846. The van der Waals surface area contributed by atoms with Crippen LogP contribution in [0, 0.1) is 6.92 Å². The van der Waals surface area contributed by atoms with Crippen LogP contribution in [0.3, 0.4) is 0 Å². The minimum Gasteiger partial charge on any atom is -0.497 e. The maximum absolute atomic E-state index is 6.35. The van der Waals surface area contributed by atoms with Gasteiger partial charge in [0.1, 0.15) is 5.75 Å². The Labute approximate surface area is 136 Å². The topological polar surface area (TPSA) is 35.2 Å². The van der Waals surface area contributed by atoms with Gasteiger partial charge in [0, 0.05) is 15.0 Å². The Hall–Kier alpha value is -0.840. The minimum absolute atomic E-state index is 0.0617. The molecule has 0 radical (unpaired) electrons. The van der Waals surface area contributed by atoms with Gasteiger partial charge in [-0.05, 0) is 54.3 Å². The van der Waals surface area contributed by atoms with E-state index in [4.69, 9.17) is 10.5 Å². The molecule has 0 saturated carbocycles. The van der Waals surface area contributed by atoms with Crippen molar-refractivity contribution in [2.75, 3.05) is 7.11 Å². The van der Waals surface area contributed by atoms with Gasteiger partial charge >= 0.3 is 0 Å². The molecule has 0 spiro atoms. The molecule has 106 valence electrons. The summed E-state index contributed by atoms with van der Waals surface area (Å²) < 4.78 is 7.38. The molecular formula is C16H17Br2NO. The molecule has 0 aliphatic carbocycles. The smallest absolute Gasteiger partial charge is 0.119 e. The Morgan fingerprint density at radius 3 is 2.50 bits per heavy atom. The highest BCUT2D eigenvalue weighted by Crippen LogP contribution is 2.29. The highest BCUT2D eigenvalue weighted by Gasteiger charge is 2.13. The Kier molecular flexibility index (Phi) is 5.24. The average molecular weight is 399 g/mol. The van der Waals surface area contributed by atoms with Crippen LogP contribution < -0.4 is 10.5 Å². The van der Waals surface area contributed by atoms with Crippen LogP contribution in [0.15, 0.2) is 45.3 Å². The van der Waals surface area contributed by atoms with Crippen molar-refractivity contribution in [3.8, 4) is 5.75 Å². The molecule has 2 N–H and O–H groups in total. The van der Waals surface area contributed by atoms with E-state index in [1.165, 1.54) is 5.56 Å². The lowest BCUT2D eigenvalue weighted by Gasteiger charge is -2.16. The molecule has 0 aliphatic rings. The fraction of sp³-hybridized carbons (Fsp3) is 0.250. The number of hydrogen-bond donors (Lipinski definition) is 1. The third-order valence-electron chi connectivity index (χ3n) is 3.25. The Bertz CT molecular complexity index is 613. The number of hydrogen-bond acceptors (Lipinski definition) is 2. The Morgan fingerprint density at radius 1 is 1.10 bits per heavy atom. The van der Waals surface area contributed by atoms with Crippen LogP contribution in [0.5, 0.6) is 5.75 Å². The van der Waals surface area contributed by atoms with E-state index in [0.717, 1.165) is 32.2 Å². The summed E-state index contributed by atoms with van der Waals surface area (Å²) >= 11 is 7.16. The van der Waals surface area contributed by atoms with E-state index >= 15 is 0 Å². The largest absolute Gasteiger partial charge is 0.497 e. The number of halogens is 2. The maximum atomic E-state index is 6.35. The highest BCUT2D eigenvalue weighted by atomic mass is 79.9. The van der Waals surface area contributed by atoms with Crippen molar-refractivity contribution >= 4 is 31.9 Å². The lowest BCUT2D eigenvalue weighted by Crippen LogP contribution is -2.14. The van der Waals surface area contributed by atoms with Gasteiger partial charge in [-0.2, -0.15) is 0 Å². The maximum Gasteiger partial charge on any atom is 0.119 e. The number of methoxy groups -OCH3 is 1. The summed E-state index contributed by atoms with van der Waals surface area (Å²) in [6.07, 6.45) is 0.749. The number of benzene rings is 2. The summed E-state index contributed by atoms with van der Waals surface area (Å²) in [6, 6.07) is 12.1. The van der Waals surface area contributed by atoms with Crippen LogP contribution in [0.4, 0.5) is 0 Å². The van der Waals surface area contributed by atoms with E-state index in [2.05, 4.69) is 57.0 Å². The van der Waals surface area contributed by atoms with Gasteiger partial charge in [0.15, 0.2) is 0 Å². The quantitative estimate of drug-likeness (QED) is 0.804. The first-order valence-corrected chi connectivity index (χ1v) is 7.94. The molecular weight excluding hydrogens is 382 g/mol. The standard InChI is InChI=1S/C16H17Br2NO/c1-10-3-5-13(15(18)7-10)16(19)9-11-8-12(20-2)4-6-14(11)17/h3-8,16H,9,19H2,1-2H3. The third kappa shape index (κ3) is 3.62. The van der Waals surface area contributed by atoms with Crippen LogP contribution in [-0.4, -0.2) is 7.11 Å². The molecule has 1 unspecified atom stereocenters. The van der Waals surface area contributed by atoms with Gasteiger partial charge in [-0.15, -0.1) is 0 Å². The monoisotopic (exact) mass is 397 g/mol. The first-order valence-electron chi connectivity index (χ1n) is 6.35. The molecule has 0 aliphatic heterocycles. The fourth-order valence-electron chi connectivity index (χ4n) is 2.11. The zero-order valence-electron chi connectivity index (χ0n) is 11.5. The van der Waals surface area contributed by atoms with Gasteiger partial charge in [0.2, 0.25) is 0 Å². The van der Waals surface area contributed by atoms with Crippen molar-refractivity contribution in [2.24, 2.45) is 5.73 Å². The summed E-state index contributed by atoms with van der Waals surface area (Å²) in [7, 11) is 1.67. The molecule has 2 aromatic carbocycles. The van der Waals surface area contributed by atoms with E-state index in [1.807, 2.05) is 18.2 Å². The molecule has 0 aromatic heterocycles. The van der Waals surface area contributed by atoms with Crippen LogP contribution in [-0.2, 0) is 6.42 Å². The highest BCUT2D eigenvalue weighted by molar-refractivity contribution is 9.10. The van der Waals surface area contributed by atoms with Gasteiger partial charge in [-0.25, -0.2) is 0 Å². The molecule has 2 nitrogen and oxygen atoms in total. The zero-order valence-corrected chi connectivity index (χ0v) is 14.7. The number of ether oxygens (including phenoxy) is 1. The zero-order chi connectivity index (χ0) is 14.7. The second-order valence-electron chi connectivity index (χ2n) is 4.79. The molecule has 1 atom stereocenters. The summed E-state index contributed by atoms with van der Waals surface area (Å²) in [6.45, 7) is 2.07. The van der Waals surface area contributed by atoms with Crippen molar-refractivity contribution in [3.05, 3.63) is 62.0 Å². The number of aryl methyl sites for hydroxylation is 1. The van der Waals surface area contributed by atoms with E-state index in [9.17, 15) is 0 Å². The van der Waals surface area contributed by atoms with Crippen LogP contribution in [0.25, 0.3) is 0 Å². The predicted molar refractivity (Wildman–Crippen MR) is 90.2 cm³/mol. The average Bonchev–Trinajstić information content (AvgIpc) is 2.41. The van der Waals surface area contributed by atoms with Gasteiger partial charge in [-0.1, -0.05) is 44.0 Å². The van der Waals surface area contributed by atoms with Crippen molar-refractivity contribution < 1.29 is 4.74 Å². The molecule has 2 aromatic rings. The minimum atomic E-state index is -0.0617. The normalized spacial score (nSPS) is 12.2. The van der Waals surface area contributed by atoms with Crippen molar-refractivity contribution in [1.82, 2.24) is 0 Å². The molecule has 4 heteroatoms. The first kappa shape index (κ1) is 15.5. The van der Waals surface area contributed by atoms with Crippen molar-refractivity contribution in [1.29, 1.82) is 0 Å². The first-order chi connectivity index (χ1) is 9.51. The van der Waals surface area contributed by atoms with Crippen LogP contribution in [0.2, 0.25) is 0 Å². The number of nitrogens with two attached hydrogens (primary N) is 1. The SMILES string of the molecule is COc1ccc(Br)c(CC(N)c2ccc(C)cc2Br)c1. The van der Waals surface area contributed by atoms with E-state index in [0.29, 0.717) is 0 Å². The predicted octanol–water partition coefficient (Wildman–Crippen LogP) is 4.77. The summed E-state index contributed by atoms with van der Waals surface area (Å²) in [4.78, 5) is 0. The summed E-state index contributed by atoms with van der Waals surface area (Å²) in [5.41, 5.74) is 9.82. The van der Waals surface area contributed by atoms with E-state index < -0.39 is 0 Å². The second-order valence-corrected chi connectivity index (χ2v) is 6.50. The van der Waals surface area contributed by atoms with Crippen LogP contribution in [0.1, 0.15) is 22.7 Å². The molecule has 0 amide bonds. The molecule has 0 bridgehead atoms. The van der Waals surface area contributed by atoms with E-state index in [1.54, 1.807) is 7.11 Å². The fourth-order valence-corrected chi connectivity index (χ4v) is 3.31.